The summed E-state index contributed by atoms with van der Waals surface area (Å²) in [5.41, 5.74) is 1.90. The van der Waals surface area contributed by atoms with Gasteiger partial charge < -0.3 is 19.2 Å². The molecule has 2 heterocycles. The topological polar surface area (TPSA) is 108 Å². The normalized spacial score (nSPS) is 11.7. The molecule has 0 aliphatic heterocycles. The van der Waals surface area contributed by atoms with Gasteiger partial charge in [-0.1, -0.05) is 18.2 Å². The number of benzene rings is 1. The first-order valence-electron chi connectivity index (χ1n) is 8.90. The molecule has 2 aromatic heterocycles. The maximum Gasteiger partial charge on any atom is 0.340 e. The molecule has 0 radical (unpaired) electrons. The summed E-state index contributed by atoms with van der Waals surface area (Å²) in [7, 11) is 1.28. The molecule has 1 atom stereocenters. The van der Waals surface area contributed by atoms with Crippen LogP contribution in [0.15, 0.2) is 47.1 Å². The molecule has 0 saturated carbocycles. The first-order chi connectivity index (χ1) is 13.9. The SMILES string of the molecule is COC(=O)c1c(COC(=O)[C@H](C)NC(=O)c2ccco2)nc2ccccc2c1C. The van der Waals surface area contributed by atoms with Crippen molar-refractivity contribution < 1.29 is 28.3 Å². The van der Waals surface area contributed by atoms with E-state index in [2.05, 4.69) is 10.3 Å². The molecule has 0 aliphatic rings. The van der Waals surface area contributed by atoms with E-state index in [4.69, 9.17) is 13.9 Å². The van der Waals surface area contributed by atoms with E-state index in [1.54, 1.807) is 19.1 Å². The van der Waals surface area contributed by atoms with Crippen LogP contribution in [0.25, 0.3) is 10.9 Å². The minimum absolute atomic E-state index is 0.0875. The van der Waals surface area contributed by atoms with Gasteiger partial charge in [-0.2, -0.15) is 0 Å². The number of methoxy groups -OCH3 is 1. The van der Waals surface area contributed by atoms with Crippen molar-refractivity contribution in [2.75, 3.05) is 7.11 Å². The number of ether oxygens (including phenoxy) is 2. The third-order valence-electron chi connectivity index (χ3n) is 4.41. The van der Waals surface area contributed by atoms with Crippen LogP contribution < -0.4 is 5.32 Å². The van der Waals surface area contributed by atoms with Crippen molar-refractivity contribution in [2.45, 2.75) is 26.5 Å². The minimum Gasteiger partial charge on any atom is -0.465 e. The van der Waals surface area contributed by atoms with Crippen LogP contribution in [0, 0.1) is 6.92 Å². The molecule has 3 rings (SSSR count). The number of esters is 2. The number of carbonyl (C=O) groups is 3. The highest BCUT2D eigenvalue weighted by Gasteiger charge is 2.23. The summed E-state index contributed by atoms with van der Waals surface area (Å²) >= 11 is 0. The lowest BCUT2D eigenvalue weighted by molar-refractivity contribution is -0.146. The number of fused-ring (bicyclic) bond motifs is 1. The van der Waals surface area contributed by atoms with Gasteiger partial charge in [0.15, 0.2) is 5.76 Å². The molecule has 1 amide bonds. The van der Waals surface area contributed by atoms with Crippen molar-refractivity contribution in [2.24, 2.45) is 0 Å². The number of rotatable bonds is 6. The van der Waals surface area contributed by atoms with Crippen molar-refractivity contribution in [3.63, 3.8) is 0 Å². The number of amides is 1. The fourth-order valence-corrected chi connectivity index (χ4v) is 2.92. The number of hydrogen-bond acceptors (Lipinski definition) is 7. The lowest BCUT2D eigenvalue weighted by Crippen LogP contribution is -2.39. The van der Waals surface area contributed by atoms with Gasteiger partial charge in [-0.15, -0.1) is 0 Å². The van der Waals surface area contributed by atoms with E-state index in [1.807, 2.05) is 18.2 Å². The average molecular weight is 396 g/mol. The summed E-state index contributed by atoms with van der Waals surface area (Å²) in [5, 5.41) is 3.30. The zero-order valence-electron chi connectivity index (χ0n) is 16.2. The number of furan rings is 1. The average Bonchev–Trinajstić information content (AvgIpc) is 3.26. The van der Waals surface area contributed by atoms with E-state index >= 15 is 0 Å². The number of nitrogens with one attached hydrogen (secondary N) is 1. The third kappa shape index (κ3) is 4.26. The highest BCUT2D eigenvalue weighted by molar-refractivity contribution is 5.98. The number of hydrogen-bond donors (Lipinski definition) is 1. The number of aryl methyl sites for hydroxylation is 1. The fourth-order valence-electron chi connectivity index (χ4n) is 2.92. The maximum absolute atomic E-state index is 12.3. The molecular weight excluding hydrogens is 376 g/mol. The van der Waals surface area contributed by atoms with Crippen LogP contribution in [-0.4, -0.2) is 36.0 Å². The van der Waals surface area contributed by atoms with Crippen LogP contribution in [0.4, 0.5) is 0 Å². The Labute approximate surface area is 166 Å². The molecule has 0 unspecified atom stereocenters. The van der Waals surface area contributed by atoms with Gasteiger partial charge in [0.05, 0.1) is 30.1 Å². The van der Waals surface area contributed by atoms with Crippen LogP contribution in [0.1, 0.15) is 39.1 Å². The Morgan fingerprint density at radius 3 is 2.62 bits per heavy atom. The minimum atomic E-state index is -0.921. The second kappa shape index (κ2) is 8.55. The van der Waals surface area contributed by atoms with Crippen molar-refractivity contribution in [3.8, 4) is 0 Å². The predicted molar refractivity (Wildman–Crippen MR) is 103 cm³/mol. The third-order valence-corrected chi connectivity index (χ3v) is 4.41. The van der Waals surface area contributed by atoms with Crippen molar-refractivity contribution >= 4 is 28.7 Å². The summed E-state index contributed by atoms with van der Waals surface area (Å²) in [4.78, 5) is 41.0. The monoisotopic (exact) mass is 396 g/mol. The lowest BCUT2D eigenvalue weighted by Gasteiger charge is -2.15. The smallest absolute Gasteiger partial charge is 0.340 e. The van der Waals surface area contributed by atoms with Gasteiger partial charge >= 0.3 is 11.9 Å². The Morgan fingerprint density at radius 2 is 1.93 bits per heavy atom. The largest absolute Gasteiger partial charge is 0.465 e. The highest BCUT2D eigenvalue weighted by atomic mass is 16.5. The number of aromatic nitrogens is 1. The standard InChI is InChI=1S/C21H20N2O6/c1-12-14-7-4-5-8-15(14)23-16(18(12)21(26)27-3)11-29-20(25)13(2)22-19(24)17-9-6-10-28-17/h4-10,13H,11H2,1-3H3,(H,22,24)/t13-/m0/s1. The first-order valence-corrected chi connectivity index (χ1v) is 8.90. The molecule has 0 bridgehead atoms. The highest BCUT2D eigenvalue weighted by Crippen LogP contribution is 2.24. The predicted octanol–water partition coefficient (Wildman–Crippen LogP) is 2.78. The van der Waals surface area contributed by atoms with E-state index in [0.29, 0.717) is 11.1 Å². The molecule has 150 valence electrons. The van der Waals surface area contributed by atoms with Crippen LogP contribution >= 0.6 is 0 Å². The van der Waals surface area contributed by atoms with Crippen molar-refractivity contribution in [1.29, 1.82) is 0 Å². The van der Waals surface area contributed by atoms with Crippen molar-refractivity contribution in [3.05, 3.63) is 65.2 Å². The summed E-state index contributed by atoms with van der Waals surface area (Å²) in [6, 6.07) is 9.47. The summed E-state index contributed by atoms with van der Waals surface area (Å²) in [6.45, 7) is 3.03. The molecule has 8 heteroatoms. The molecule has 1 aromatic carbocycles. The zero-order chi connectivity index (χ0) is 21.0. The maximum atomic E-state index is 12.3. The van der Waals surface area contributed by atoms with E-state index in [9.17, 15) is 14.4 Å². The Morgan fingerprint density at radius 1 is 1.17 bits per heavy atom. The summed E-state index contributed by atoms with van der Waals surface area (Å²) in [6.07, 6.45) is 1.36. The van der Waals surface area contributed by atoms with Gasteiger partial charge in [0, 0.05) is 5.39 Å². The van der Waals surface area contributed by atoms with Crippen LogP contribution in [-0.2, 0) is 20.9 Å². The number of para-hydroxylation sites is 1. The van der Waals surface area contributed by atoms with E-state index in [-0.39, 0.29) is 23.6 Å². The quantitative estimate of drug-likeness (QED) is 0.638. The summed E-state index contributed by atoms with van der Waals surface area (Å²) < 4.78 is 15.1. The molecule has 29 heavy (non-hydrogen) atoms. The Kier molecular flexibility index (Phi) is 5.92. The number of nitrogens with zero attached hydrogens (tertiary/aromatic N) is 1. The van der Waals surface area contributed by atoms with Crippen LogP contribution in [0.2, 0.25) is 0 Å². The molecule has 0 saturated heterocycles. The van der Waals surface area contributed by atoms with Gasteiger partial charge in [0.2, 0.25) is 0 Å². The van der Waals surface area contributed by atoms with E-state index in [1.165, 1.54) is 26.4 Å². The molecule has 1 N–H and O–H groups in total. The van der Waals surface area contributed by atoms with Gasteiger partial charge in [-0.3, -0.25) is 4.79 Å². The fraction of sp³-hybridized carbons (Fsp3) is 0.238. The lowest BCUT2D eigenvalue weighted by atomic mass is 10.0. The molecular formula is C21H20N2O6. The van der Waals surface area contributed by atoms with Crippen molar-refractivity contribution in [1.82, 2.24) is 10.3 Å². The molecule has 8 nitrogen and oxygen atoms in total. The molecule has 0 spiro atoms. The Balaban J connectivity index is 1.77. The Bertz CT molecular complexity index is 1060. The molecule has 3 aromatic rings. The summed E-state index contributed by atoms with van der Waals surface area (Å²) in [5.74, 6) is -1.68. The van der Waals surface area contributed by atoms with E-state index in [0.717, 1.165) is 5.39 Å². The van der Waals surface area contributed by atoms with Crippen LogP contribution in [0.3, 0.4) is 0 Å². The van der Waals surface area contributed by atoms with Crippen LogP contribution in [0.5, 0.6) is 0 Å². The second-order valence-corrected chi connectivity index (χ2v) is 6.35. The first kappa shape index (κ1) is 20.1. The second-order valence-electron chi connectivity index (χ2n) is 6.35. The van der Waals surface area contributed by atoms with Gasteiger partial charge in [0.25, 0.3) is 5.91 Å². The van der Waals surface area contributed by atoms with Gasteiger partial charge in [-0.05, 0) is 37.6 Å². The molecule has 0 aliphatic carbocycles. The number of pyridine rings is 1. The number of carbonyl (C=O) groups excluding carboxylic acids is 3. The molecule has 0 fully saturated rings. The zero-order valence-corrected chi connectivity index (χ0v) is 16.2. The Hall–Kier alpha value is -3.68. The van der Waals surface area contributed by atoms with E-state index < -0.39 is 23.9 Å². The van der Waals surface area contributed by atoms with Gasteiger partial charge in [-0.25, -0.2) is 14.6 Å². The van der Waals surface area contributed by atoms with Gasteiger partial charge in [0.1, 0.15) is 12.6 Å².